The molecule has 6 nitrogen and oxygen atoms in total. The summed E-state index contributed by atoms with van der Waals surface area (Å²) in [6, 6.07) is 14.8. The Bertz CT molecular complexity index is 1030. The third-order valence-electron chi connectivity index (χ3n) is 5.60. The maximum Gasteiger partial charge on any atom is 0.282 e. The number of rotatable bonds is 5. The Hall–Kier alpha value is -3.12. The van der Waals surface area contributed by atoms with Gasteiger partial charge in [0.2, 0.25) is 0 Å². The molecule has 2 amide bonds. The van der Waals surface area contributed by atoms with Gasteiger partial charge in [0.05, 0.1) is 29.6 Å². The monoisotopic (exact) mass is 434 g/mol. The number of ether oxygens (including phenoxy) is 2. The zero-order chi connectivity index (χ0) is 23.0. The number of carbonyl (C=O) groups excluding carboxylic acids is 2. The van der Waals surface area contributed by atoms with Gasteiger partial charge in [-0.25, -0.2) is 4.90 Å². The number of hydrogen-bond donors (Lipinski definition) is 0. The Kier molecular flexibility index (Phi) is 6.07. The van der Waals surface area contributed by atoms with Crippen molar-refractivity contribution in [3.8, 4) is 5.75 Å². The molecule has 0 radical (unpaired) electrons. The van der Waals surface area contributed by atoms with Gasteiger partial charge in [-0.3, -0.25) is 9.59 Å². The van der Waals surface area contributed by atoms with E-state index in [2.05, 4.69) is 0 Å². The fourth-order valence-electron chi connectivity index (χ4n) is 4.33. The van der Waals surface area contributed by atoms with Gasteiger partial charge in [0, 0.05) is 13.1 Å². The van der Waals surface area contributed by atoms with Crippen molar-refractivity contribution in [1.29, 1.82) is 0 Å². The highest BCUT2D eigenvalue weighted by Gasteiger charge is 2.43. The average Bonchev–Trinajstić information content (AvgIpc) is 2.98. The minimum atomic E-state index is -0.307. The number of amides is 2. The molecule has 0 aliphatic carbocycles. The Morgan fingerprint density at radius 1 is 0.906 bits per heavy atom. The van der Waals surface area contributed by atoms with Crippen LogP contribution in [0.25, 0.3) is 5.57 Å². The van der Waals surface area contributed by atoms with Crippen molar-refractivity contribution in [2.45, 2.75) is 52.9 Å². The molecule has 4 rings (SSSR count). The third-order valence-corrected chi connectivity index (χ3v) is 5.60. The van der Waals surface area contributed by atoms with Crippen LogP contribution in [0.4, 0.5) is 5.69 Å². The average molecular weight is 435 g/mol. The first-order valence-corrected chi connectivity index (χ1v) is 11.1. The van der Waals surface area contributed by atoms with Crippen molar-refractivity contribution in [2.75, 3.05) is 18.0 Å². The number of aryl methyl sites for hydroxylation is 1. The topological polar surface area (TPSA) is 59.1 Å². The molecule has 2 aliphatic rings. The zero-order valence-electron chi connectivity index (χ0n) is 19.3. The molecule has 32 heavy (non-hydrogen) atoms. The number of imide groups is 1. The standard InChI is InChI=1S/C26H30N2O4/c1-16(2)31-22-12-10-21(11-13-22)28-25(29)23(20-8-6-17(3)7-9-20)24(26(28)30)27-14-18(4)32-19(5)15-27/h6-13,16,18-19H,14-15H2,1-5H3. The predicted molar refractivity (Wildman–Crippen MR) is 124 cm³/mol. The second-order valence-electron chi connectivity index (χ2n) is 8.86. The first-order valence-electron chi connectivity index (χ1n) is 11.1. The third kappa shape index (κ3) is 4.28. The van der Waals surface area contributed by atoms with Gasteiger partial charge in [0.25, 0.3) is 11.8 Å². The van der Waals surface area contributed by atoms with E-state index in [0.717, 1.165) is 11.1 Å². The van der Waals surface area contributed by atoms with E-state index in [9.17, 15) is 9.59 Å². The first kappa shape index (κ1) is 22.1. The SMILES string of the molecule is Cc1ccc(C2=C(N3CC(C)OC(C)C3)C(=O)N(c3ccc(OC(C)C)cc3)C2=O)cc1. The lowest BCUT2D eigenvalue weighted by Gasteiger charge is -2.37. The molecule has 2 aliphatic heterocycles. The van der Waals surface area contributed by atoms with Crippen LogP contribution in [0.5, 0.6) is 5.75 Å². The second-order valence-corrected chi connectivity index (χ2v) is 8.86. The molecular formula is C26H30N2O4. The normalized spacial score (nSPS) is 21.7. The van der Waals surface area contributed by atoms with Crippen LogP contribution in [0.2, 0.25) is 0 Å². The molecular weight excluding hydrogens is 404 g/mol. The Morgan fingerprint density at radius 2 is 1.50 bits per heavy atom. The summed E-state index contributed by atoms with van der Waals surface area (Å²) in [5, 5.41) is 0. The van der Waals surface area contributed by atoms with Crippen molar-refractivity contribution in [3.05, 3.63) is 65.4 Å². The minimum absolute atomic E-state index is 0.0325. The van der Waals surface area contributed by atoms with Crippen LogP contribution in [0.1, 0.15) is 38.8 Å². The summed E-state index contributed by atoms with van der Waals surface area (Å²) < 4.78 is 11.6. The van der Waals surface area contributed by atoms with E-state index < -0.39 is 0 Å². The summed E-state index contributed by atoms with van der Waals surface area (Å²) in [7, 11) is 0. The van der Waals surface area contributed by atoms with Crippen LogP contribution < -0.4 is 9.64 Å². The number of nitrogens with zero attached hydrogens (tertiary/aromatic N) is 2. The lowest BCUT2D eigenvalue weighted by atomic mass is 10.0. The van der Waals surface area contributed by atoms with Crippen molar-refractivity contribution >= 4 is 23.1 Å². The van der Waals surface area contributed by atoms with E-state index in [4.69, 9.17) is 9.47 Å². The molecule has 2 aromatic carbocycles. The molecule has 2 aromatic rings. The summed E-state index contributed by atoms with van der Waals surface area (Å²) in [4.78, 5) is 30.6. The Labute approximate surface area is 189 Å². The Morgan fingerprint density at radius 3 is 2.06 bits per heavy atom. The van der Waals surface area contributed by atoms with Crippen molar-refractivity contribution in [3.63, 3.8) is 0 Å². The van der Waals surface area contributed by atoms with Gasteiger partial charge in [-0.1, -0.05) is 29.8 Å². The van der Waals surface area contributed by atoms with E-state index in [1.165, 1.54) is 4.90 Å². The quantitative estimate of drug-likeness (QED) is 0.661. The molecule has 0 saturated carbocycles. The van der Waals surface area contributed by atoms with Gasteiger partial charge < -0.3 is 14.4 Å². The first-order chi connectivity index (χ1) is 15.2. The Balaban J connectivity index is 1.75. The number of benzene rings is 2. The van der Waals surface area contributed by atoms with Crippen LogP contribution in [0, 0.1) is 6.92 Å². The van der Waals surface area contributed by atoms with Gasteiger partial charge in [0.1, 0.15) is 11.4 Å². The molecule has 0 spiro atoms. The summed E-state index contributed by atoms with van der Waals surface area (Å²) in [6.45, 7) is 11.0. The molecule has 2 heterocycles. The van der Waals surface area contributed by atoms with E-state index in [0.29, 0.717) is 35.8 Å². The smallest absolute Gasteiger partial charge is 0.282 e. The minimum Gasteiger partial charge on any atom is -0.491 e. The lowest BCUT2D eigenvalue weighted by Crippen LogP contribution is -2.47. The van der Waals surface area contributed by atoms with E-state index in [1.807, 2.05) is 63.8 Å². The van der Waals surface area contributed by atoms with Crippen molar-refractivity contribution < 1.29 is 19.1 Å². The fraction of sp³-hybridized carbons (Fsp3) is 0.385. The molecule has 6 heteroatoms. The summed E-state index contributed by atoms with van der Waals surface area (Å²) >= 11 is 0. The van der Waals surface area contributed by atoms with Crippen LogP contribution in [0.15, 0.2) is 54.2 Å². The van der Waals surface area contributed by atoms with Crippen LogP contribution >= 0.6 is 0 Å². The zero-order valence-corrected chi connectivity index (χ0v) is 19.3. The van der Waals surface area contributed by atoms with Crippen molar-refractivity contribution in [1.82, 2.24) is 4.90 Å². The maximum absolute atomic E-state index is 13.7. The van der Waals surface area contributed by atoms with Crippen LogP contribution in [-0.4, -0.2) is 48.1 Å². The van der Waals surface area contributed by atoms with Gasteiger partial charge in [-0.05, 0) is 64.4 Å². The largest absolute Gasteiger partial charge is 0.491 e. The highest BCUT2D eigenvalue weighted by Crippen LogP contribution is 2.36. The molecule has 0 aromatic heterocycles. The van der Waals surface area contributed by atoms with Gasteiger partial charge in [-0.2, -0.15) is 0 Å². The van der Waals surface area contributed by atoms with Gasteiger partial charge >= 0.3 is 0 Å². The van der Waals surface area contributed by atoms with Gasteiger partial charge in [-0.15, -0.1) is 0 Å². The van der Waals surface area contributed by atoms with Crippen LogP contribution in [0.3, 0.4) is 0 Å². The van der Waals surface area contributed by atoms with E-state index >= 15 is 0 Å². The highest BCUT2D eigenvalue weighted by atomic mass is 16.5. The molecule has 1 saturated heterocycles. The highest BCUT2D eigenvalue weighted by molar-refractivity contribution is 6.45. The van der Waals surface area contributed by atoms with E-state index in [1.54, 1.807) is 24.3 Å². The lowest BCUT2D eigenvalue weighted by molar-refractivity contribution is -0.121. The number of morpholine rings is 1. The molecule has 1 fully saturated rings. The van der Waals surface area contributed by atoms with E-state index in [-0.39, 0.29) is 30.1 Å². The summed E-state index contributed by atoms with van der Waals surface area (Å²) in [5.41, 5.74) is 3.27. The molecule has 2 unspecified atom stereocenters. The number of anilines is 1. The van der Waals surface area contributed by atoms with Crippen LogP contribution in [-0.2, 0) is 14.3 Å². The molecule has 0 bridgehead atoms. The summed E-state index contributed by atoms with van der Waals surface area (Å²) in [5.74, 6) is 0.0909. The molecule has 0 N–H and O–H groups in total. The van der Waals surface area contributed by atoms with Crippen molar-refractivity contribution in [2.24, 2.45) is 0 Å². The second kappa shape index (κ2) is 8.79. The predicted octanol–water partition coefficient (Wildman–Crippen LogP) is 4.18. The fourth-order valence-corrected chi connectivity index (χ4v) is 4.33. The number of hydrogen-bond acceptors (Lipinski definition) is 5. The van der Waals surface area contributed by atoms with Gasteiger partial charge in [0.15, 0.2) is 0 Å². The number of carbonyl (C=O) groups is 2. The molecule has 168 valence electrons. The molecule has 2 atom stereocenters. The summed E-state index contributed by atoms with van der Waals surface area (Å²) in [6.07, 6.45) is -0.0209. The maximum atomic E-state index is 13.7.